The van der Waals surface area contributed by atoms with Gasteiger partial charge < -0.3 is 15.0 Å². The van der Waals surface area contributed by atoms with Gasteiger partial charge in [-0.3, -0.25) is 0 Å². The number of rotatable bonds is 3. The van der Waals surface area contributed by atoms with E-state index in [2.05, 4.69) is 62.2 Å². The highest BCUT2D eigenvalue weighted by Crippen LogP contribution is 2.21. The lowest BCUT2D eigenvalue weighted by atomic mass is 9.99. The third-order valence-corrected chi connectivity index (χ3v) is 4.41. The fourth-order valence-electron chi connectivity index (χ4n) is 2.68. The summed E-state index contributed by atoms with van der Waals surface area (Å²) in [4.78, 5) is 2.19. The van der Waals surface area contributed by atoms with Crippen LogP contribution in [0.5, 0.6) is 0 Å². The largest absolute Gasteiger partial charge is 0.372 e. The average Bonchev–Trinajstić information content (AvgIpc) is 2.46. The molecule has 1 heterocycles. The summed E-state index contributed by atoms with van der Waals surface area (Å²) in [5, 5.41) is 4.12. The summed E-state index contributed by atoms with van der Waals surface area (Å²) in [5.41, 5.74) is 2.43. The van der Waals surface area contributed by atoms with E-state index >= 15 is 0 Å². The van der Waals surface area contributed by atoms with E-state index in [0.717, 1.165) is 30.3 Å². The Morgan fingerprint density at radius 3 is 2.38 bits per heavy atom. The molecule has 3 atom stereocenters. The van der Waals surface area contributed by atoms with Crippen LogP contribution in [0.15, 0.2) is 24.3 Å². The van der Waals surface area contributed by atoms with Crippen LogP contribution >= 0.6 is 12.2 Å². The van der Waals surface area contributed by atoms with Gasteiger partial charge in [-0.15, -0.1) is 0 Å². The first-order valence-electron chi connectivity index (χ1n) is 7.81. The van der Waals surface area contributed by atoms with Gasteiger partial charge in [0.15, 0.2) is 5.11 Å². The number of ether oxygens (including phenoxy) is 1. The summed E-state index contributed by atoms with van der Waals surface area (Å²) in [7, 11) is 0. The van der Waals surface area contributed by atoms with E-state index < -0.39 is 0 Å². The molecule has 1 aromatic carbocycles. The molecule has 0 spiro atoms. The molecular formula is C17H26N2OS. The van der Waals surface area contributed by atoms with Crippen molar-refractivity contribution < 1.29 is 4.74 Å². The summed E-state index contributed by atoms with van der Waals surface area (Å²) in [5.74, 6) is 0.604. The van der Waals surface area contributed by atoms with Crippen molar-refractivity contribution in [2.75, 3.05) is 18.4 Å². The lowest BCUT2D eigenvalue weighted by molar-refractivity contribution is -0.0473. The second-order valence-electron chi connectivity index (χ2n) is 6.02. The van der Waals surface area contributed by atoms with Crippen LogP contribution in [0.4, 0.5) is 5.69 Å². The Morgan fingerprint density at radius 1 is 1.29 bits per heavy atom. The molecule has 0 radical (unpaired) electrons. The number of nitrogens with zero attached hydrogens (tertiary/aromatic N) is 1. The molecule has 4 heteroatoms. The predicted molar refractivity (Wildman–Crippen MR) is 93.0 cm³/mol. The summed E-state index contributed by atoms with van der Waals surface area (Å²) in [6, 6.07) is 8.59. The molecule has 1 aromatic rings. The van der Waals surface area contributed by atoms with Crippen molar-refractivity contribution in [3.63, 3.8) is 0 Å². The minimum absolute atomic E-state index is 0.223. The van der Waals surface area contributed by atoms with Crippen molar-refractivity contribution in [1.82, 2.24) is 4.90 Å². The van der Waals surface area contributed by atoms with Gasteiger partial charge >= 0.3 is 0 Å². The van der Waals surface area contributed by atoms with Gasteiger partial charge in [0, 0.05) is 18.8 Å². The van der Waals surface area contributed by atoms with Crippen molar-refractivity contribution >= 4 is 23.0 Å². The molecule has 21 heavy (non-hydrogen) atoms. The van der Waals surface area contributed by atoms with Crippen LogP contribution in [0.3, 0.4) is 0 Å². The molecule has 1 N–H and O–H groups in total. The number of anilines is 1. The molecule has 0 amide bonds. The number of hydrogen-bond acceptors (Lipinski definition) is 2. The highest BCUT2D eigenvalue weighted by molar-refractivity contribution is 7.80. The van der Waals surface area contributed by atoms with Crippen molar-refractivity contribution in [2.45, 2.75) is 52.2 Å². The number of hydrogen-bond donors (Lipinski definition) is 1. The monoisotopic (exact) mass is 306 g/mol. The van der Waals surface area contributed by atoms with Gasteiger partial charge in [-0.05, 0) is 56.1 Å². The lowest BCUT2D eigenvalue weighted by Gasteiger charge is -2.36. The molecule has 3 unspecified atom stereocenters. The maximum atomic E-state index is 5.74. The third-order valence-electron chi connectivity index (χ3n) is 4.05. The Bertz CT molecular complexity index is 464. The highest BCUT2D eigenvalue weighted by atomic mass is 32.1. The van der Waals surface area contributed by atoms with Crippen LogP contribution in [0.1, 0.15) is 45.6 Å². The van der Waals surface area contributed by atoms with E-state index in [0.29, 0.717) is 5.92 Å². The minimum atomic E-state index is 0.223. The molecule has 3 nitrogen and oxygen atoms in total. The topological polar surface area (TPSA) is 24.5 Å². The van der Waals surface area contributed by atoms with Crippen LogP contribution < -0.4 is 5.32 Å². The first kappa shape index (κ1) is 16.2. The summed E-state index contributed by atoms with van der Waals surface area (Å²) < 4.78 is 5.74. The standard InChI is InChI=1S/C17H26N2OS/c1-5-12(2)15-6-8-16(9-7-15)18-17(21)19-10-13(3)20-14(4)11-19/h6-9,12-14H,5,10-11H2,1-4H3,(H,18,21). The van der Waals surface area contributed by atoms with Gasteiger partial charge in [0.2, 0.25) is 0 Å². The van der Waals surface area contributed by atoms with Crippen molar-refractivity contribution in [3.05, 3.63) is 29.8 Å². The molecule has 0 saturated carbocycles. The maximum Gasteiger partial charge on any atom is 0.173 e. The molecular weight excluding hydrogens is 280 g/mol. The number of benzene rings is 1. The molecule has 116 valence electrons. The van der Waals surface area contributed by atoms with Crippen LogP contribution in [-0.2, 0) is 4.74 Å². The first-order chi connectivity index (χ1) is 9.99. The van der Waals surface area contributed by atoms with Gasteiger partial charge in [0.25, 0.3) is 0 Å². The predicted octanol–water partition coefficient (Wildman–Crippen LogP) is 4.01. The summed E-state index contributed by atoms with van der Waals surface area (Å²) >= 11 is 5.53. The first-order valence-corrected chi connectivity index (χ1v) is 8.21. The number of morpholine rings is 1. The second-order valence-corrected chi connectivity index (χ2v) is 6.41. The molecule has 1 saturated heterocycles. The van der Waals surface area contributed by atoms with Crippen LogP contribution in [0, 0.1) is 0 Å². The number of nitrogens with one attached hydrogen (secondary N) is 1. The molecule has 0 aromatic heterocycles. The SMILES string of the molecule is CCC(C)c1ccc(NC(=S)N2CC(C)OC(C)C2)cc1. The van der Waals surface area contributed by atoms with Gasteiger partial charge in [-0.2, -0.15) is 0 Å². The number of thiocarbonyl (C=S) groups is 1. The Kier molecular flexibility index (Phi) is 5.59. The Balaban J connectivity index is 1.96. The van der Waals surface area contributed by atoms with Gasteiger partial charge in [0.1, 0.15) is 0 Å². The average molecular weight is 306 g/mol. The molecule has 0 bridgehead atoms. The smallest absolute Gasteiger partial charge is 0.173 e. The van der Waals surface area contributed by atoms with Crippen LogP contribution in [-0.4, -0.2) is 35.3 Å². The fraction of sp³-hybridized carbons (Fsp3) is 0.588. The second kappa shape index (κ2) is 7.23. The van der Waals surface area contributed by atoms with Gasteiger partial charge in [0.05, 0.1) is 12.2 Å². The zero-order chi connectivity index (χ0) is 15.4. The van der Waals surface area contributed by atoms with Gasteiger partial charge in [-0.1, -0.05) is 26.0 Å². The molecule has 1 aliphatic heterocycles. The van der Waals surface area contributed by atoms with Crippen molar-refractivity contribution in [1.29, 1.82) is 0 Å². The van der Waals surface area contributed by atoms with E-state index in [4.69, 9.17) is 17.0 Å². The summed E-state index contributed by atoms with van der Waals surface area (Å²) in [6.07, 6.45) is 1.61. The van der Waals surface area contributed by atoms with E-state index in [-0.39, 0.29) is 12.2 Å². The minimum Gasteiger partial charge on any atom is -0.372 e. The van der Waals surface area contributed by atoms with E-state index in [1.165, 1.54) is 5.56 Å². The van der Waals surface area contributed by atoms with E-state index in [1.807, 2.05) is 0 Å². The Labute approximate surface area is 133 Å². The summed E-state index contributed by atoms with van der Waals surface area (Å²) in [6.45, 7) is 10.3. The maximum absolute atomic E-state index is 5.74. The molecule has 2 rings (SSSR count). The van der Waals surface area contributed by atoms with Crippen molar-refractivity contribution in [2.24, 2.45) is 0 Å². The molecule has 1 fully saturated rings. The lowest BCUT2D eigenvalue weighted by Crippen LogP contribution is -2.49. The van der Waals surface area contributed by atoms with Gasteiger partial charge in [-0.25, -0.2) is 0 Å². The normalized spacial score (nSPS) is 23.7. The zero-order valence-electron chi connectivity index (χ0n) is 13.4. The van der Waals surface area contributed by atoms with E-state index in [1.54, 1.807) is 0 Å². The van der Waals surface area contributed by atoms with Crippen LogP contribution in [0.2, 0.25) is 0 Å². The Morgan fingerprint density at radius 2 is 1.86 bits per heavy atom. The quantitative estimate of drug-likeness (QED) is 0.853. The fourth-order valence-corrected chi connectivity index (χ4v) is 2.94. The third kappa shape index (κ3) is 4.42. The highest BCUT2D eigenvalue weighted by Gasteiger charge is 2.23. The molecule has 1 aliphatic rings. The van der Waals surface area contributed by atoms with Crippen molar-refractivity contribution in [3.8, 4) is 0 Å². The zero-order valence-corrected chi connectivity index (χ0v) is 14.2. The van der Waals surface area contributed by atoms with Crippen LogP contribution in [0.25, 0.3) is 0 Å². The molecule has 0 aliphatic carbocycles. The Hall–Kier alpha value is -1.13. The van der Waals surface area contributed by atoms with E-state index in [9.17, 15) is 0 Å².